The van der Waals surface area contributed by atoms with Crippen LogP contribution in [0.25, 0.3) is 0 Å². The maximum Gasteiger partial charge on any atom is 0.0419 e. The summed E-state index contributed by atoms with van der Waals surface area (Å²) in [6.07, 6.45) is 12.9. The summed E-state index contributed by atoms with van der Waals surface area (Å²) in [7, 11) is 0. The second kappa shape index (κ2) is 11.7. The minimum atomic E-state index is -0.0245. The smallest absolute Gasteiger partial charge is 0.0419 e. The van der Waals surface area contributed by atoms with Gasteiger partial charge < -0.3 is 11.5 Å². The summed E-state index contributed by atoms with van der Waals surface area (Å²) < 4.78 is 0. The summed E-state index contributed by atoms with van der Waals surface area (Å²) in [6.45, 7) is 5.05. The van der Waals surface area contributed by atoms with Gasteiger partial charge in [0.2, 0.25) is 0 Å². The van der Waals surface area contributed by atoms with E-state index in [0.717, 1.165) is 0 Å². The first-order valence-electron chi connectivity index (χ1n) is 9.30. The maximum absolute atomic E-state index is 6.10. The molecule has 4 N–H and O–H groups in total. The highest BCUT2D eigenvalue weighted by Crippen LogP contribution is 2.21. The summed E-state index contributed by atoms with van der Waals surface area (Å²) in [4.78, 5) is 0. The standard InChI is InChI=1S/C20H36N2/c1-3-5-7-9-11-17-13-14-19(20(22)16-21)15-18(17)12-10-8-6-4-2/h13-15,20H,3-12,16,21-22H2,1-2H3. The molecule has 0 fully saturated rings. The number of nitrogens with two attached hydrogens (primary N) is 2. The molecule has 1 rings (SSSR count). The second-order valence-electron chi connectivity index (χ2n) is 6.49. The van der Waals surface area contributed by atoms with Crippen molar-refractivity contribution >= 4 is 0 Å². The fourth-order valence-electron chi connectivity index (χ4n) is 2.97. The van der Waals surface area contributed by atoms with Gasteiger partial charge in [0.25, 0.3) is 0 Å². The van der Waals surface area contributed by atoms with Gasteiger partial charge in [0.15, 0.2) is 0 Å². The molecule has 0 aliphatic rings. The Morgan fingerprint density at radius 3 is 1.95 bits per heavy atom. The fraction of sp³-hybridized carbons (Fsp3) is 0.700. The summed E-state index contributed by atoms with van der Waals surface area (Å²) in [5, 5.41) is 0. The third kappa shape index (κ3) is 6.93. The van der Waals surface area contributed by atoms with Gasteiger partial charge in [-0.1, -0.05) is 70.6 Å². The Bertz CT molecular complexity index is 401. The van der Waals surface area contributed by atoms with E-state index in [1.807, 2.05) is 0 Å². The molecule has 0 radical (unpaired) electrons. The molecule has 0 spiro atoms. The molecular formula is C20H36N2. The maximum atomic E-state index is 6.10. The third-order valence-corrected chi connectivity index (χ3v) is 4.51. The van der Waals surface area contributed by atoms with Crippen LogP contribution in [0.15, 0.2) is 18.2 Å². The highest BCUT2D eigenvalue weighted by molar-refractivity contribution is 5.34. The van der Waals surface area contributed by atoms with Crippen LogP contribution in [0.2, 0.25) is 0 Å². The highest BCUT2D eigenvalue weighted by Gasteiger charge is 2.08. The molecule has 0 aliphatic heterocycles. The highest BCUT2D eigenvalue weighted by atomic mass is 14.7. The van der Waals surface area contributed by atoms with E-state index >= 15 is 0 Å². The zero-order chi connectivity index (χ0) is 16.2. The molecule has 22 heavy (non-hydrogen) atoms. The van der Waals surface area contributed by atoms with Crippen LogP contribution in [0.3, 0.4) is 0 Å². The van der Waals surface area contributed by atoms with Crippen LogP contribution in [0.1, 0.15) is 87.9 Å². The van der Waals surface area contributed by atoms with Crippen molar-refractivity contribution in [3.63, 3.8) is 0 Å². The average molecular weight is 305 g/mol. The molecule has 0 heterocycles. The predicted octanol–water partition coefficient (Wildman–Crippen LogP) is 4.89. The lowest BCUT2D eigenvalue weighted by Crippen LogP contribution is -2.21. The van der Waals surface area contributed by atoms with Crippen molar-refractivity contribution in [2.24, 2.45) is 11.5 Å². The van der Waals surface area contributed by atoms with E-state index in [-0.39, 0.29) is 6.04 Å². The predicted molar refractivity (Wildman–Crippen MR) is 98.1 cm³/mol. The summed E-state index contributed by atoms with van der Waals surface area (Å²) >= 11 is 0. The zero-order valence-corrected chi connectivity index (χ0v) is 14.7. The van der Waals surface area contributed by atoms with Crippen molar-refractivity contribution in [3.05, 3.63) is 34.9 Å². The molecule has 0 aromatic heterocycles. The van der Waals surface area contributed by atoms with Crippen molar-refractivity contribution < 1.29 is 0 Å². The van der Waals surface area contributed by atoms with Crippen LogP contribution in [0.4, 0.5) is 0 Å². The Labute approximate surface area is 137 Å². The zero-order valence-electron chi connectivity index (χ0n) is 14.7. The van der Waals surface area contributed by atoms with E-state index < -0.39 is 0 Å². The van der Waals surface area contributed by atoms with E-state index in [2.05, 4.69) is 32.0 Å². The average Bonchev–Trinajstić information content (AvgIpc) is 2.55. The number of hydrogen-bond donors (Lipinski definition) is 2. The van der Waals surface area contributed by atoms with Gasteiger partial charge in [0.1, 0.15) is 0 Å². The normalized spacial score (nSPS) is 12.5. The molecule has 1 atom stereocenters. The Hall–Kier alpha value is -0.860. The number of unbranched alkanes of at least 4 members (excludes halogenated alkanes) is 6. The van der Waals surface area contributed by atoms with Crippen LogP contribution < -0.4 is 11.5 Å². The Balaban J connectivity index is 2.70. The van der Waals surface area contributed by atoms with Crippen molar-refractivity contribution in [3.8, 4) is 0 Å². The Kier molecular flexibility index (Phi) is 10.2. The first-order valence-corrected chi connectivity index (χ1v) is 9.30. The van der Waals surface area contributed by atoms with E-state index in [4.69, 9.17) is 11.5 Å². The van der Waals surface area contributed by atoms with Gasteiger partial charge in [-0.2, -0.15) is 0 Å². The monoisotopic (exact) mass is 304 g/mol. The Morgan fingerprint density at radius 2 is 1.41 bits per heavy atom. The first-order chi connectivity index (χ1) is 10.7. The van der Waals surface area contributed by atoms with Crippen molar-refractivity contribution in [2.75, 3.05) is 6.54 Å². The second-order valence-corrected chi connectivity index (χ2v) is 6.49. The van der Waals surface area contributed by atoms with Crippen LogP contribution in [-0.4, -0.2) is 6.54 Å². The lowest BCUT2D eigenvalue weighted by Gasteiger charge is -2.15. The van der Waals surface area contributed by atoms with Gasteiger partial charge in [0, 0.05) is 12.6 Å². The number of aryl methyl sites for hydroxylation is 2. The van der Waals surface area contributed by atoms with Crippen LogP contribution >= 0.6 is 0 Å². The minimum absolute atomic E-state index is 0.0245. The van der Waals surface area contributed by atoms with Gasteiger partial charge in [-0.05, 0) is 42.4 Å². The topological polar surface area (TPSA) is 52.0 Å². The first kappa shape index (κ1) is 19.2. The van der Waals surface area contributed by atoms with Crippen molar-refractivity contribution in [2.45, 2.75) is 84.1 Å². The molecule has 1 aromatic rings. The lowest BCUT2D eigenvalue weighted by atomic mass is 9.93. The summed E-state index contributed by atoms with van der Waals surface area (Å²) in [5.41, 5.74) is 16.1. The Morgan fingerprint density at radius 1 is 0.818 bits per heavy atom. The molecule has 2 heteroatoms. The third-order valence-electron chi connectivity index (χ3n) is 4.51. The number of benzene rings is 1. The van der Waals surface area contributed by atoms with Gasteiger partial charge in [-0.15, -0.1) is 0 Å². The van der Waals surface area contributed by atoms with Crippen molar-refractivity contribution in [1.82, 2.24) is 0 Å². The molecule has 0 saturated heterocycles. The van der Waals surface area contributed by atoms with E-state index in [1.165, 1.54) is 80.9 Å². The quantitative estimate of drug-likeness (QED) is 0.540. The number of rotatable bonds is 12. The molecular weight excluding hydrogens is 268 g/mol. The molecule has 0 amide bonds. The summed E-state index contributed by atoms with van der Waals surface area (Å²) in [5.74, 6) is 0. The van der Waals surface area contributed by atoms with Gasteiger partial charge >= 0.3 is 0 Å². The minimum Gasteiger partial charge on any atom is -0.329 e. The molecule has 1 aromatic carbocycles. The SMILES string of the molecule is CCCCCCc1ccc(C(N)CN)cc1CCCCCC. The van der Waals surface area contributed by atoms with E-state index in [9.17, 15) is 0 Å². The summed E-state index contributed by atoms with van der Waals surface area (Å²) in [6, 6.07) is 6.77. The fourth-order valence-corrected chi connectivity index (χ4v) is 2.97. The molecule has 0 saturated carbocycles. The lowest BCUT2D eigenvalue weighted by molar-refractivity contribution is 0.648. The van der Waals surface area contributed by atoms with Gasteiger partial charge in [0.05, 0.1) is 0 Å². The van der Waals surface area contributed by atoms with Crippen LogP contribution in [0, 0.1) is 0 Å². The largest absolute Gasteiger partial charge is 0.329 e. The molecule has 126 valence electrons. The van der Waals surface area contributed by atoms with E-state index in [0.29, 0.717) is 6.54 Å². The van der Waals surface area contributed by atoms with Crippen LogP contribution in [0.5, 0.6) is 0 Å². The molecule has 2 nitrogen and oxygen atoms in total. The van der Waals surface area contributed by atoms with Crippen molar-refractivity contribution in [1.29, 1.82) is 0 Å². The van der Waals surface area contributed by atoms with Crippen LogP contribution in [-0.2, 0) is 12.8 Å². The van der Waals surface area contributed by atoms with E-state index in [1.54, 1.807) is 0 Å². The number of hydrogen-bond acceptors (Lipinski definition) is 2. The van der Waals surface area contributed by atoms with Gasteiger partial charge in [-0.3, -0.25) is 0 Å². The molecule has 1 unspecified atom stereocenters. The van der Waals surface area contributed by atoms with Gasteiger partial charge in [-0.25, -0.2) is 0 Å². The molecule has 0 aliphatic carbocycles. The molecule has 0 bridgehead atoms.